The van der Waals surface area contributed by atoms with Crippen molar-refractivity contribution in [2.45, 2.75) is 0 Å². The topological polar surface area (TPSA) is 92.7 Å². The van der Waals surface area contributed by atoms with Gasteiger partial charge in [-0.15, -0.1) is 0 Å². The van der Waals surface area contributed by atoms with Crippen molar-refractivity contribution in [3.8, 4) is 0 Å². The van der Waals surface area contributed by atoms with Crippen LogP contribution in [0.4, 0.5) is 5.69 Å². The van der Waals surface area contributed by atoms with Crippen LogP contribution in [0.15, 0.2) is 36.4 Å². The van der Waals surface area contributed by atoms with E-state index < -0.39 is 16.0 Å². The lowest BCUT2D eigenvalue weighted by Gasteiger charge is -2.11. The first-order valence-corrected chi connectivity index (χ1v) is 7.84. The predicted molar refractivity (Wildman–Crippen MR) is 80.2 cm³/mol. The summed E-state index contributed by atoms with van der Waals surface area (Å²) in [6, 6.07) is 10.1. The normalized spacial score (nSPS) is 11.5. The SMILES string of the molecule is COCCS(=O)(=O)Nc1cc2ccccc2cc1C(=O)O. The fourth-order valence-electron chi connectivity index (χ4n) is 1.91. The summed E-state index contributed by atoms with van der Waals surface area (Å²) in [5, 5.41) is 10.7. The minimum Gasteiger partial charge on any atom is -0.478 e. The van der Waals surface area contributed by atoms with E-state index in [9.17, 15) is 18.3 Å². The Morgan fingerprint density at radius 2 is 1.86 bits per heavy atom. The van der Waals surface area contributed by atoms with Gasteiger partial charge in [0, 0.05) is 7.11 Å². The van der Waals surface area contributed by atoms with Crippen molar-refractivity contribution in [2.24, 2.45) is 0 Å². The van der Waals surface area contributed by atoms with E-state index in [-0.39, 0.29) is 23.6 Å². The molecule has 7 heteroatoms. The number of benzene rings is 2. The molecule has 0 saturated carbocycles. The van der Waals surface area contributed by atoms with Crippen molar-refractivity contribution in [2.75, 3.05) is 24.2 Å². The lowest BCUT2D eigenvalue weighted by Crippen LogP contribution is -2.21. The Hall–Kier alpha value is -2.12. The first-order chi connectivity index (χ1) is 9.93. The maximum absolute atomic E-state index is 11.9. The van der Waals surface area contributed by atoms with Gasteiger partial charge in [0.25, 0.3) is 0 Å². The molecule has 0 aliphatic rings. The van der Waals surface area contributed by atoms with Gasteiger partial charge >= 0.3 is 5.97 Å². The standard InChI is InChI=1S/C14H15NO5S/c1-20-6-7-21(18,19)15-13-9-11-5-3-2-4-10(11)8-12(13)14(16)17/h2-5,8-9,15H,6-7H2,1H3,(H,16,17). The Morgan fingerprint density at radius 3 is 2.43 bits per heavy atom. The van der Waals surface area contributed by atoms with Gasteiger partial charge in [-0.3, -0.25) is 4.72 Å². The molecule has 0 atom stereocenters. The molecule has 2 rings (SSSR count). The van der Waals surface area contributed by atoms with Gasteiger partial charge in [-0.2, -0.15) is 0 Å². The molecule has 6 nitrogen and oxygen atoms in total. The number of rotatable bonds is 6. The number of anilines is 1. The Bertz CT molecular complexity index is 770. The number of carboxylic acid groups (broad SMARTS) is 1. The predicted octanol–water partition coefficient (Wildman–Crippen LogP) is 1.93. The molecule has 21 heavy (non-hydrogen) atoms. The zero-order valence-corrected chi connectivity index (χ0v) is 12.2. The van der Waals surface area contributed by atoms with E-state index in [4.69, 9.17) is 4.74 Å². The van der Waals surface area contributed by atoms with E-state index in [1.807, 2.05) is 0 Å². The molecule has 2 aromatic carbocycles. The van der Waals surface area contributed by atoms with E-state index in [2.05, 4.69) is 4.72 Å². The molecule has 0 aliphatic carbocycles. The number of sulfonamides is 1. The van der Waals surface area contributed by atoms with E-state index >= 15 is 0 Å². The van der Waals surface area contributed by atoms with Crippen molar-refractivity contribution in [3.05, 3.63) is 42.0 Å². The molecule has 2 aromatic rings. The molecule has 0 radical (unpaired) electrons. The highest BCUT2D eigenvalue weighted by Crippen LogP contribution is 2.25. The molecule has 0 fully saturated rings. The van der Waals surface area contributed by atoms with Crippen LogP contribution in [0.5, 0.6) is 0 Å². The largest absolute Gasteiger partial charge is 0.478 e. The fraction of sp³-hybridized carbons (Fsp3) is 0.214. The van der Waals surface area contributed by atoms with Gasteiger partial charge in [-0.1, -0.05) is 24.3 Å². The number of nitrogens with one attached hydrogen (secondary N) is 1. The third-order valence-electron chi connectivity index (χ3n) is 2.94. The number of hydrogen-bond donors (Lipinski definition) is 2. The van der Waals surface area contributed by atoms with Crippen LogP contribution < -0.4 is 4.72 Å². The number of fused-ring (bicyclic) bond motifs is 1. The number of methoxy groups -OCH3 is 1. The van der Waals surface area contributed by atoms with Crippen LogP contribution in [-0.2, 0) is 14.8 Å². The van der Waals surface area contributed by atoms with Crippen LogP contribution in [-0.4, -0.2) is 39.0 Å². The van der Waals surface area contributed by atoms with Gasteiger partial charge in [0.05, 0.1) is 23.6 Å². The van der Waals surface area contributed by atoms with Gasteiger partial charge in [-0.25, -0.2) is 13.2 Å². The van der Waals surface area contributed by atoms with Crippen molar-refractivity contribution in [1.82, 2.24) is 0 Å². The van der Waals surface area contributed by atoms with Crippen molar-refractivity contribution in [3.63, 3.8) is 0 Å². The number of ether oxygens (including phenoxy) is 1. The summed E-state index contributed by atoms with van der Waals surface area (Å²) < 4.78 is 30.8. The molecule has 0 unspecified atom stereocenters. The molecular weight excluding hydrogens is 294 g/mol. The van der Waals surface area contributed by atoms with Crippen LogP contribution >= 0.6 is 0 Å². The van der Waals surface area contributed by atoms with E-state index in [1.165, 1.54) is 19.2 Å². The Balaban J connectivity index is 2.46. The first-order valence-electron chi connectivity index (χ1n) is 6.18. The van der Waals surface area contributed by atoms with E-state index in [0.29, 0.717) is 0 Å². The second-order valence-electron chi connectivity index (χ2n) is 4.46. The first kappa shape index (κ1) is 15.3. The van der Waals surface area contributed by atoms with Gasteiger partial charge in [0.1, 0.15) is 0 Å². The second-order valence-corrected chi connectivity index (χ2v) is 6.31. The average Bonchev–Trinajstić information content (AvgIpc) is 2.44. The van der Waals surface area contributed by atoms with Crippen LogP contribution in [0.3, 0.4) is 0 Å². The minimum atomic E-state index is -3.66. The lowest BCUT2D eigenvalue weighted by molar-refractivity contribution is 0.0698. The third-order valence-corrected chi connectivity index (χ3v) is 4.17. The van der Waals surface area contributed by atoms with Crippen LogP contribution in [0.25, 0.3) is 10.8 Å². The minimum absolute atomic E-state index is 0.0331. The third kappa shape index (κ3) is 3.71. The highest BCUT2D eigenvalue weighted by atomic mass is 32.2. The molecule has 0 aromatic heterocycles. The quantitative estimate of drug-likeness (QED) is 0.850. The Labute approximate surface area is 122 Å². The second kappa shape index (κ2) is 6.11. The Kier molecular flexibility index (Phi) is 4.44. The fourth-order valence-corrected chi connectivity index (χ4v) is 2.91. The molecule has 0 spiro atoms. The zero-order valence-electron chi connectivity index (χ0n) is 11.4. The molecular formula is C14H15NO5S. The smallest absolute Gasteiger partial charge is 0.337 e. The van der Waals surface area contributed by atoms with Gasteiger partial charge in [-0.05, 0) is 22.9 Å². The summed E-state index contributed by atoms with van der Waals surface area (Å²) in [5.74, 6) is -1.43. The average molecular weight is 309 g/mol. The summed E-state index contributed by atoms with van der Waals surface area (Å²) in [5.41, 5.74) is -0.0352. The Morgan fingerprint density at radius 1 is 1.24 bits per heavy atom. The number of carbonyl (C=O) groups is 1. The molecule has 2 N–H and O–H groups in total. The maximum atomic E-state index is 11.9. The molecule has 0 saturated heterocycles. The van der Waals surface area contributed by atoms with Gasteiger partial charge in [0.2, 0.25) is 10.0 Å². The summed E-state index contributed by atoms with van der Waals surface area (Å²) in [6.45, 7) is 0.0331. The number of aromatic carboxylic acids is 1. The van der Waals surface area contributed by atoms with Crippen molar-refractivity contribution in [1.29, 1.82) is 0 Å². The molecule has 112 valence electrons. The number of hydrogen-bond acceptors (Lipinski definition) is 4. The van der Waals surface area contributed by atoms with Gasteiger partial charge in [0.15, 0.2) is 0 Å². The van der Waals surface area contributed by atoms with Crippen LogP contribution in [0, 0.1) is 0 Å². The highest BCUT2D eigenvalue weighted by molar-refractivity contribution is 7.92. The van der Waals surface area contributed by atoms with Crippen LogP contribution in [0.1, 0.15) is 10.4 Å². The summed E-state index contributed by atoms with van der Waals surface area (Å²) in [4.78, 5) is 11.3. The lowest BCUT2D eigenvalue weighted by atomic mass is 10.1. The molecule has 0 heterocycles. The van der Waals surface area contributed by atoms with Crippen molar-refractivity contribution >= 4 is 32.5 Å². The van der Waals surface area contributed by atoms with E-state index in [1.54, 1.807) is 24.3 Å². The zero-order chi connectivity index (χ0) is 15.5. The highest BCUT2D eigenvalue weighted by Gasteiger charge is 2.17. The molecule has 0 bridgehead atoms. The number of carboxylic acids is 1. The summed E-state index contributed by atoms with van der Waals surface area (Å²) >= 11 is 0. The van der Waals surface area contributed by atoms with E-state index in [0.717, 1.165) is 10.8 Å². The maximum Gasteiger partial charge on any atom is 0.337 e. The summed E-state index contributed by atoms with van der Waals surface area (Å²) in [7, 11) is -2.26. The summed E-state index contributed by atoms with van der Waals surface area (Å²) in [6.07, 6.45) is 0. The van der Waals surface area contributed by atoms with Crippen molar-refractivity contribution < 1.29 is 23.1 Å². The molecule has 0 aliphatic heterocycles. The van der Waals surface area contributed by atoms with Gasteiger partial charge < -0.3 is 9.84 Å². The molecule has 0 amide bonds. The van der Waals surface area contributed by atoms with Crippen LogP contribution in [0.2, 0.25) is 0 Å². The monoisotopic (exact) mass is 309 g/mol.